The number of amides is 1. The lowest BCUT2D eigenvalue weighted by Crippen LogP contribution is -2.56. The van der Waals surface area contributed by atoms with Crippen LogP contribution in [-0.4, -0.2) is 46.7 Å². The normalized spacial score (nSPS) is 31.7. The third-order valence-corrected chi connectivity index (χ3v) is 5.24. The van der Waals surface area contributed by atoms with Crippen LogP contribution in [0.4, 0.5) is 0 Å². The van der Waals surface area contributed by atoms with Gasteiger partial charge in [0.05, 0.1) is 12.1 Å². The molecule has 0 radical (unpaired) electrons. The number of carbonyl (C=O) groups excluding carboxylic acids is 1. The van der Waals surface area contributed by atoms with Crippen LogP contribution in [-0.2, 0) is 4.79 Å². The molecule has 116 valence electrons. The maximum absolute atomic E-state index is 12.1. The smallest absolute Gasteiger partial charge is 0.234 e. The van der Waals surface area contributed by atoms with Crippen molar-refractivity contribution < 1.29 is 9.90 Å². The Morgan fingerprint density at radius 3 is 2.85 bits per heavy atom. The zero-order valence-corrected chi connectivity index (χ0v) is 13.2. The number of hydrogen-bond acceptors (Lipinski definition) is 3. The average Bonchev–Trinajstić information content (AvgIpc) is 2.38. The van der Waals surface area contributed by atoms with Gasteiger partial charge in [-0.15, -0.1) is 0 Å². The predicted octanol–water partition coefficient (Wildman–Crippen LogP) is 1.92. The van der Waals surface area contributed by atoms with Crippen LogP contribution in [0.5, 0.6) is 0 Å². The number of aliphatic hydroxyl groups is 1. The standard InChI is InChI=1S/C16H30N2O2/c1-4-15(2,3)17-14(19)12-18-10-9-16(20)8-6-5-7-13(16)11-18/h13,20H,4-12H2,1-3H3,(H,17,19). The summed E-state index contributed by atoms with van der Waals surface area (Å²) in [5, 5.41) is 13.7. The number of carbonyl (C=O) groups is 1. The van der Waals surface area contributed by atoms with Crippen molar-refractivity contribution in [2.45, 2.75) is 70.4 Å². The first-order chi connectivity index (χ1) is 9.35. The molecule has 2 aliphatic rings. The van der Waals surface area contributed by atoms with Crippen molar-refractivity contribution in [3.63, 3.8) is 0 Å². The number of piperidine rings is 1. The molecule has 1 aliphatic carbocycles. The number of fused-ring (bicyclic) bond motifs is 1. The Balaban J connectivity index is 1.85. The van der Waals surface area contributed by atoms with Crippen molar-refractivity contribution in [2.75, 3.05) is 19.6 Å². The van der Waals surface area contributed by atoms with E-state index in [0.717, 1.165) is 45.2 Å². The second-order valence-corrected chi connectivity index (χ2v) is 7.32. The molecule has 0 aromatic heterocycles. The van der Waals surface area contributed by atoms with Crippen LogP contribution in [0.1, 0.15) is 59.3 Å². The van der Waals surface area contributed by atoms with Crippen LogP contribution in [0, 0.1) is 5.92 Å². The predicted molar refractivity (Wildman–Crippen MR) is 80.5 cm³/mol. The van der Waals surface area contributed by atoms with Gasteiger partial charge in [-0.2, -0.15) is 0 Å². The number of likely N-dealkylation sites (tertiary alicyclic amines) is 1. The van der Waals surface area contributed by atoms with E-state index in [0.29, 0.717) is 12.5 Å². The van der Waals surface area contributed by atoms with Crippen LogP contribution >= 0.6 is 0 Å². The van der Waals surface area contributed by atoms with Gasteiger partial charge >= 0.3 is 0 Å². The van der Waals surface area contributed by atoms with E-state index in [1.165, 1.54) is 6.42 Å². The summed E-state index contributed by atoms with van der Waals surface area (Å²) < 4.78 is 0. The Hall–Kier alpha value is -0.610. The van der Waals surface area contributed by atoms with Crippen LogP contribution < -0.4 is 5.32 Å². The van der Waals surface area contributed by atoms with Gasteiger partial charge in [-0.25, -0.2) is 0 Å². The maximum atomic E-state index is 12.1. The fourth-order valence-electron chi connectivity index (χ4n) is 3.49. The van der Waals surface area contributed by atoms with E-state index < -0.39 is 5.60 Å². The number of hydrogen-bond donors (Lipinski definition) is 2. The molecule has 2 N–H and O–H groups in total. The fourth-order valence-corrected chi connectivity index (χ4v) is 3.49. The largest absolute Gasteiger partial charge is 0.390 e. The van der Waals surface area contributed by atoms with E-state index in [9.17, 15) is 9.90 Å². The second kappa shape index (κ2) is 6.02. The summed E-state index contributed by atoms with van der Waals surface area (Å²) in [4.78, 5) is 14.3. The molecule has 2 unspecified atom stereocenters. The van der Waals surface area contributed by atoms with Crippen molar-refractivity contribution in [2.24, 2.45) is 5.92 Å². The lowest BCUT2D eigenvalue weighted by Gasteiger charge is -2.47. The first-order valence-electron chi connectivity index (χ1n) is 8.10. The van der Waals surface area contributed by atoms with Gasteiger partial charge in [-0.1, -0.05) is 19.8 Å². The van der Waals surface area contributed by atoms with Crippen molar-refractivity contribution in [1.29, 1.82) is 0 Å². The van der Waals surface area contributed by atoms with E-state index in [-0.39, 0.29) is 11.4 Å². The van der Waals surface area contributed by atoms with Gasteiger partial charge in [-0.05, 0) is 39.5 Å². The van der Waals surface area contributed by atoms with Crippen LogP contribution in [0.3, 0.4) is 0 Å². The molecule has 20 heavy (non-hydrogen) atoms. The second-order valence-electron chi connectivity index (χ2n) is 7.32. The molecule has 4 nitrogen and oxygen atoms in total. The molecule has 1 aliphatic heterocycles. The average molecular weight is 282 g/mol. The summed E-state index contributed by atoms with van der Waals surface area (Å²) in [7, 11) is 0. The van der Waals surface area contributed by atoms with Gasteiger partial charge < -0.3 is 10.4 Å². The molecule has 0 aromatic rings. The van der Waals surface area contributed by atoms with Gasteiger partial charge in [0.1, 0.15) is 0 Å². The Bertz CT molecular complexity index is 356. The molecule has 2 fully saturated rings. The minimum atomic E-state index is -0.450. The topological polar surface area (TPSA) is 52.6 Å². The molecular weight excluding hydrogens is 252 g/mol. The Labute approximate surface area is 122 Å². The Morgan fingerprint density at radius 2 is 2.15 bits per heavy atom. The lowest BCUT2D eigenvalue weighted by molar-refractivity contribution is -0.128. The number of rotatable bonds is 4. The first kappa shape index (κ1) is 15.8. The highest BCUT2D eigenvalue weighted by Crippen LogP contribution is 2.39. The maximum Gasteiger partial charge on any atom is 0.234 e. The highest BCUT2D eigenvalue weighted by atomic mass is 16.3. The molecule has 0 aromatic carbocycles. The van der Waals surface area contributed by atoms with E-state index in [2.05, 4.69) is 31.0 Å². The quantitative estimate of drug-likeness (QED) is 0.828. The highest BCUT2D eigenvalue weighted by Gasteiger charge is 2.42. The molecule has 4 heteroatoms. The van der Waals surface area contributed by atoms with E-state index in [1.54, 1.807) is 0 Å². The summed E-state index contributed by atoms with van der Waals surface area (Å²) in [6.45, 7) is 8.38. The zero-order chi connectivity index (χ0) is 14.8. The lowest BCUT2D eigenvalue weighted by atomic mass is 9.71. The molecule has 1 amide bonds. The van der Waals surface area contributed by atoms with Crippen molar-refractivity contribution in [3.05, 3.63) is 0 Å². The molecule has 2 atom stereocenters. The van der Waals surface area contributed by atoms with Crippen LogP contribution in [0.15, 0.2) is 0 Å². The molecule has 0 bridgehead atoms. The van der Waals surface area contributed by atoms with Gasteiger partial charge in [-0.3, -0.25) is 9.69 Å². The monoisotopic (exact) mass is 282 g/mol. The third kappa shape index (κ3) is 3.73. The van der Waals surface area contributed by atoms with Crippen LogP contribution in [0.25, 0.3) is 0 Å². The molecule has 1 heterocycles. The van der Waals surface area contributed by atoms with E-state index >= 15 is 0 Å². The summed E-state index contributed by atoms with van der Waals surface area (Å²) in [6, 6.07) is 0. The van der Waals surface area contributed by atoms with E-state index in [1.807, 2.05) is 0 Å². The van der Waals surface area contributed by atoms with Crippen LogP contribution in [0.2, 0.25) is 0 Å². The summed E-state index contributed by atoms with van der Waals surface area (Å²) in [5.41, 5.74) is -0.577. The summed E-state index contributed by atoms with van der Waals surface area (Å²) in [5.74, 6) is 0.468. The SMILES string of the molecule is CCC(C)(C)NC(=O)CN1CCC2(O)CCCCC2C1. The van der Waals surface area contributed by atoms with E-state index in [4.69, 9.17) is 0 Å². The Morgan fingerprint density at radius 1 is 1.40 bits per heavy atom. The summed E-state index contributed by atoms with van der Waals surface area (Å²) >= 11 is 0. The zero-order valence-electron chi connectivity index (χ0n) is 13.2. The minimum Gasteiger partial charge on any atom is -0.390 e. The van der Waals surface area contributed by atoms with Gasteiger partial charge in [0.25, 0.3) is 0 Å². The van der Waals surface area contributed by atoms with Crippen molar-refractivity contribution in [1.82, 2.24) is 10.2 Å². The molecular formula is C16H30N2O2. The molecule has 1 saturated heterocycles. The van der Waals surface area contributed by atoms with Gasteiger partial charge in [0, 0.05) is 24.5 Å². The van der Waals surface area contributed by atoms with Crippen molar-refractivity contribution >= 4 is 5.91 Å². The first-order valence-corrected chi connectivity index (χ1v) is 8.10. The highest BCUT2D eigenvalue weighted by molar-refractivity contribution is 5.78. The number of nitrogens with one attached hydrogen (secondary N) is 1. The molecule has 2 rings (SSSR count). The fraction of sp³-hybridized carbons (Fsp3) is 0.938. The van der Waals surface area contributed by atoms with Gasteiger partial charge in [0.15, 0.2) is 0 Å². The molecule has 1 saturated carbocycles. The van der Waals surface area contributed by atoms with Gasteiger partial charge in [0.2, 0.25) is 5.91 Å². The summed E-state index contributed by atoms with van der Waals surface area (Å²) in [6.07, 6.45) is 6.17. The van der Waals surface area contributed by atoms with Crippen molar-refractivity contribution in [3.8, 4) is 0 Å². The Kier molecular flexibility index (Phi) is 4.75. The number of nitrogens with zero attached hydrogens (tertiary/aromatic N) is 1. The molecule has 0 spiro atoms. The minimum absolute atomic E-state index is 0.109. The third-order valence-electron chi connectivity index (χ3n) is 5.24.